The van der Waals surface area contributed by atoms with Crippen molar-refractivity contribution in [3.8, 4) is 17.2 Å². The fourth-order valence-corrected chi connectivity index (χ4v) is 4.46. The minimum Gasteiger partial charge on any atom is -0.492 e. The zero-order valence-corrected chi connectivity index (χ0v) is 16.4. The van der Waals surface area contributed by atoms with Crippen LogP contribution in [0.25, 0.3) is 27.9 Å². The SMILES string of the molecule is O=c1cc(-c2cc3cccn3cn2)oc2ccc(OCCN3C[C@@H]4C[C@H]3CO4)cc12. The Morgan fingerprint density at radius 2 is 2.17 bits per heavy atom. The van der Waals surface area contributed by atoms with Crippen molar-refractivity contribution in [2.24, 2.45) is 0 Å². The number of morpholine rings is 1. The van der Waals surface area contributed by atoms with E-state index in [0.717, 1.165) is 31.6 Å². The zero-order chi connectivity index (χ0) is 20.1. The van der Waals surface area contributed by atoms with E-state index in [1.165, 1.54) is 6.07 Å². The van der Waals surface area contributed by atoms with E-state index in [9.17, 15) is 4.79 Å². The number of hydrogen-bond acceptors (Lipinski definition) is 6. The molecule has 0 spiro atoms. The normalized spacial score (nSPS) is 21.1. The third kappa shape index (κ3) is 3.07. The van der Waals surface area contributed by atoms with Gasteiger partial charge >= 0.3 is 0 Å². The second kappa shape index (κ2) is 6.97. The Kier molecular flexibility index (Phi) is 4.11. The van der Waals surface area contributed by atoms with E-state index in [1.54, 1.807) is 18.5 Å². The molecule has 152 valence electrons. The highest BCUT2D eigenvalue weighted by Gasteiger charge is 2.38. The first-order chi connectivity index (χ1) is 14.7. The molecule has 2 atom stereocenters. The lowest BCUT2D eigenvalue weighted by atomic mass is 10.2. The highest BCUT2D eigenvalue weighted by Crippen LogP contribution is 2.28. The summed E-state index contributed by atoms with van der Waals surface area (Å²) in [6.07, 6.45) is 5.16. The first kappa shape index (κ1) is 17.7. The minimum absolute atomic E-state index is 0.109. The van der Waals surface area contributed by atoms with Crippen molar-refractivity contribution in [1.29, 1.82) is 0 Å². The molecule has 0 N–H and O–H groups in total. The molecule has 3 aromatic heterocycles. The van der Waals surface area contributed by atoms with Crippen LogP contribution in [0.15, 0.2) is 64.2 Å². The molecule has 7 heteroatoms. The number of ether oxygens (including phenoxy) is 2. The monoisotopic (exact) mass is 403 g/mol. The summed E-state index contributed by atoms with van der Waals surface area (Å²) < 4.78 is 19.4. The van der Waals surface area contributed by atoms with Crippen molar-refractivity contribution in [3.63, 3.8) is 0 Å². The Hall–Kier alpha value is -3.16. The van der Waals surface area contributed by atoms with Crippen LogP contribution < -0.4 is 10.2 Å². The van der Waals surface area contributed by atoms with E-state index in [2.05, 4.69) is 9.88 Å². The number of hydrogen-bond donors (Lipinski definition) is 0. The predicted molar refractivity (Wildman–Crippen MR) is 112 cm³/mol. The molecule has 0 aliphatic carbocycles. The van der Waals surface area contributed by atoms with Crippen LogP contribution in [-0.4, -0.2) is 52.7 Å². The summed E-state index contributed by atoms with van der Waals surface area (Å²) in [5.74, 6) is 1.13. The molecule has 2 aliphatic rings. The third-order valence-corrected chi connectivity index (χ3v) is 6.03. The number of benzene rings is 1. The molecule has 0 radical (unpaired) electrons. The minimum atomic E-state index is -0.109. The van der Waals surface area contributed by atoms with E-state index in [-0.39, 0.29) is 5.43 Å². The molecule has 2 aliphatic heterocycles. The van der Waals surface area contributed by atoms with Crippen molar-refractivity contribution < 1.29 is 13.9 Å². The second-order valence-corrected chi connectivity index (χ2v) is 7.94. The average Bonchev–Trinajstić information content (AvgIpc) is 3.50. The van der Waals surface area contributed by atoms with Gasteiger partial charge in [-0.05, 0) is 42.8 Å². The number of rotatable bonds is 5. The molecule has 0 unspecified atom stereocenters. The Balaban J connectivity index is 1.22. The van der Waals surface area contributed by atoms with Crippen LogP contribution in [0.4, 0.5) is 0 Å². The van der Waals surface area contributed by atoms with Gasteiger partial charge in [-0.2, -0.15) is 0 Å². The van der Waals surface area contributed by atoms with Crippen LogP contribution in [0.5, 0.6) is 5.75 Å². The van der Waals surface area contributed by atoms with Gasteiger partial charge < -0.3 is 18.3 Å². The van der Waals surface area contributed by atoms with Crippen LogP contribution in [0, 0.1) is 0 Å². The number of nitrogens with zero attached hydrogens (tertiary/aromatic N) is 3. The van der Waals surface area contributed by atoms with E-state index in [1.807, 2.05) is 34.9 Å². The lowest BCUT2D eigenvalue weighted by Crippen LogP contribution is -2.39. The van der Waals surface area contributed by atoms with E-state index in [0.29, 0.717) is 46.9 Å². The van der Waals surface area contributed by atoms with Crippen molar-refractivity contribution in [2.45, 2.75) is 18.6 Å². The third-order valence-electron chi connectivity index (χ3n) is 6.03. The molecule has 2 saturated heterocycles. The topological polar surface area (TPSA) is 69.2 Å². The lowest BCUT2D eigenvalue weighted by molar-refractivity contribution is 0.0258. The van der Waals surface area contributed by atoms with Gasteiger partial charge in [0.2, 0.25) is 0 Å². The van der Waals surface area contributed by atoms with Gasteiger partial charge in [0.15, 0.2) is 11.2 Å². The van der Waals surface area contributed by atoms with Gasteiger partial charge in [0.05, 0.1) is 24.4 Å². The molecule has 7 nitrogen and oxygen atoms in total. The molecular weight excluding hydrogens is 382 g/mol. The predicted octanol–water partition coefficient (Wildman–Crippen LogP) is 2.96. The maximum absolute atomic E-state index is 12.7. The molecule has 4 aromatic rings. The van der Waals surface area contributed by atoms with Gasteiger partial charge in [0.25, 0.3) is 0 Å². The molecule has 2 bridgehead atoms. The van der Waals surface area contributed by atoms with E-state index in [4.69, 9.17) is 13.9 Å². The van der Waals surface area contributed by atoms with Gasteiger partial charge in [-0.25, -0.2) is 4.98 Å². The molecular formula is C23H21N3O4. The zero-order valence-electron chi connectivity index (χ0n) is 16.4. The second-order valence-electron chi connectivity index (χ2n) is 7.94. The first-order valence-corrected chi connectivity index (χ1v) is 10.2. The summed E-state index contributed by atoms with van der Waals surface area (Å²) in [6, 6.07) is 13.2. The first-order valence-electron chi connectivity index (χ1n) is 10.2. The highest BCUT2D eigenvalue weighted by atomic mass is 16.5. The molecule has 30 heavy (non-hydrogen) atoms. The van der Waals surface area contributed by atoms with Gasteiger partial charge in [0.1, 0.15) is 23.6 Å². The lowest BCUT2D eigenvalue weighted by Gasteiger charge is -2.26. The summed E-state index contributed by atoms with van der Waals surface area (Å²) in [6.45, 7) is 3.26. The van der Waals surface area contributed by atoms with Crippen LogP contribution in [-0.2, 0) is 4.74 Å². The van der Waals surface area contributed by atoms with Crippen LogP contribution in [0.2, 0.25) is 0 Å². The van der Waals surface area contributed by atoms with Gasteiger partial charge in [-0.1, -0.05) is 0 Å². The molecule has 0 amide bonds. The highest BCUT2D eigenvalue weighted by molar-refractivity contribution is 5.80. The Morgan fingerprint density at radius 1 is 1.20 bits per heavy atom. The fraction of sp³-hybridized carbons (Fsp3) is 0.304. The van der Waals surface area contributed by atoms with Crippen LogP contribution in [0.3, 0.4) is 0 Å². The Morgan fingerprint density at radius 3 is 3.03 bits per heavy atom. The largest absolute Gasteiger partial charge is 0.492 e. The maximum atomic E-state index is 12.7. The standard InChI is InChI=1S/C23H21N3O4/c27-21-11-23(20-9-15-2-1-5-26(15)14-24-20)30-22-4-3-17(10-19(21)22)28-7-6-25-12-18-8-16(25)13-29-18/h1-5,9-11,14,16,18H,6-8,12-13H2/t16-,18-/m0/s1. The Bertz CT molecular complexity index is 1290. The average molecular weight is 403 g/mol. The van der Waals surface area contributed by atoms with E-state index < -0.39 is 0 Å². The molecule has 1 aromatic carbocycles. The van der Waals surface area contributed by atoms with Gasteiger partial charge in [-0.3, -0.25) is 9.69 Å². The summed E-state index contributed by atoms with van der Waals surface area (Å²) in [5, 5.41) is 0.508. The van der Waals surface area contributed by atoms with E-state index >= 15 is 0 Å². The van der Waals surface area contributed by atoms with Crippen molar-refractivity contribution in [1.82, 2.24) is 14.3 Å². The maximum Gasteiger partial charge on any atom is 0.193 e. The number of aromatic nitrogens is 2. The quantitative estimate of drug-likeness (QED) is 0.510. The molecule has 2 fully saturated rings. The van der Waals surface area contributed by atoms with Crippen LogP contribution >= 0.6 is 0 Å². The van der Waals surface area contributed by atoms with Crippen molar-refractivity contribution >= 4 is 16.5 Å². The molecule has 0 saturated carbocycles. The number of fused-ring (bicyclic) bond motifs is 4. The fourth-order valence-electron chi connectivity index (χ4n) is 4.46. The Labute approximate surface area is 172 Å². The summed E-state index contributed by atoms with van der Waals surface area (Å²) in [7, 11) is 0. The van der Waals surface area contributed by atoms with Crippen molar-refractivity contribution in [3.05, 3.63) is 65.2 Å². The van der Waals surface area contributed by atoms with Gasteiger partial charge in [-0.15, -0.1) is 0 Å². The summed E-state index contributed by atoms with van der Waals surface area (Å²) in [5.41, 5.74) is 2.03. The summed E-state index contributed by atoms with van der Waals surface area (Å²) in [4.78, 5) is 19.6. The van der Waals surface area contributed by atoms with Crippen LogP contribution in [0.1, 0.15) is 6.42 Å². The molecule has 6 rings (SSSR count). The van der Waals surface area contributed by atoms with Crippen molar-refractivity contribution in [2.75, 3.05) is 26.3 Å². The smallest absolute Gasteiger partial charge is 0.193 e. The van der Waals surface area contributed by atoms with Gasteiger partial charge in [0, 0.05) is 36.9 Å². The summed E-state index contributed by atoms with van der Waals surface area (Å²) >= 11 is 0. The number of likely N-dealkylation sites (tertiary alicyclic amines) is 1. The molecule has 5 heterocycles.